The molecule has 0 aliphatic rings. The molecule has 10 heavy (non-hydrogen) atoms. The molecule has 0 unspecified atom stereocenters. The van der Waals surface area contributed by atoms with Crippen LogP contribution in [0.15, 0.2) is 6.07 Å². The summed E-state index contributed by atoms with van der Waals surface area (Å²) in [6, 6.07) is 2.01. The van der Waals surface area contributed by atoms with E-state index in [0.717, 1.165) is 10.6 Å². The van der Waals surface area contributed by atoms with Gasteiger partial charge in [0.25, 0.3) is 0 Å². The van der Waals surface area contributed by atoms with E-state index in [2.05, 4.69) is 0 Å². The fraction of sp³-hybridized carbons (Fsp3) is 0.429. The third-order valence-electron chi connectivity index (χ3n) is 1.30. The summed E-state index contributed by atoms with van der Waals surface area (Å²) in [7, 11) is 1.67. The molecule has 1 aromatic rings. The van der Waals surface area contributed by atoms with Gasteiger partial charge in [-0.05, 0) is 13.0 Å². The first-order chi connectivity index (χ1) is 4.77. The molecule has 2 N–H and O–H groups in total. The smallest absolute Gasteiger partial charge is 0.134 e. The Bertz CT molecular complexity index is 198. The van der Waals surface area contributed by atoms with E-state index in [1.165, 1.54) is 4.88 Å². The first-order valence-electron chi connectivity index (χ1n) is 3.11. The standard InChI is InChI=1S/C7H11NOS/c1-5-3-6(9-2)7(4-8)10-5/h3H,4,8H2,1-2H3. The van der Waals surface area contributed by atoms with Crippen LogP contribution in [0.3, 0.4) is 0 Å². The van der Waals surface area contributed by atoms with Crippen LogP contribution >= 0.6 is 11.3 Å². The Morgan fingerprint density at radius 2 is 2.40 bits per heavy atom. The highest BCUT2D eigenvalue weighted by molar-refractivity contribution is 7.12. The van der Waals surface area contributed by atoms with Crippen LogP contribution < -0.4 is 10.5 Å². The maximum Gasteiger partial charge on any atom is 0.134 e. The molecule has 0 spiro atoms. The summed E-state index contributed by atoms with van der Waals surface area (Å²) in [6.07, 6.45) is 0. The number of rotatable bonds is 2. The zero-order valence-corrected chi connectivity index (χ0v) is 6.99. The summed E-state index contributed by atoms with van der Waals surface area (Å²) in [5, 5.41) is 0. The largest absolute Gasteiger partial charge is 0.496 e. The molecule has 0 radical (unpaired) electrons. The third kappa shape index (κ3) is 1.30. The number of methoxy groups -OCH3 is 1. The number of thiophene rings is 1. The first-order valence-corrected chi connectivity index (χ1v) is 3.93. The van der Waals surface area contributed by atoms with Crippen LogP contribution in [0, 0.1) is 6.92 Å². The van der Waals surface area contributed by atoms with Crippen molar-refractivity contribution in [3.8, 4) is 5.75 Å². The van der Waals surface area contributed by atoms with Gasteiger partial charge >= 0.3 is 0 Å². The molecular weight excluding hydrogens is 146 g/mol. The van der Waals surface area contributed by atoms with Crippen LogP contribution in [0.4, 0.5) is 0 Å². The average molecular weight is 157 g/mol. The molecule has 1 aromatic heterocycles. The van der Waals surface area contributed by atoms with E-state index in [-0.39, 0.29) is 0 Å². The number of hydrogen-bond acceptors (Lipinski definition) is 3. The molecule has 0 saturated carbocycles. The average Bonchev–Trinajstić information content (AvgIpc) is 2.30. The lowest BCUT2D eigenvalue weighted by Gasteiger charge is -1.96. The van der Waals surface area contributed by atoms with Crippen molar-refractivity contribution in [2.75, 3.05) is 7.11 Å². The zero-order chi connectivity index (χ0) is 7.56. The minimum Gasteiger partial charge on any atom is -0.496 e. The maximum atomic E-state index is 5.47. The van der Waals surface area contributed by atoms with Gasteiger partial charge < -0.3 is 10.5 Å². The lowest BCUT2D eigenvalue weighted by atomic mass is 10.4. The van der Waals surface area contributed by atoms with E-state index in [0.29, 0.717) is 6.54 Å². The first kappa shape index (κ1) is 7.57. The van der Waals surface area contributed by atoms with Gasteiger partial charge in [-0.15, -0.1) is 11.3 Å². The van der Waals surface area contributed by atoms with Crippen LogP contribution in [-0.2, 0) is 6.54 Å². The zero-order valence-electron chi connectivity index (χ0n) is 6.18. The van der Waals surface area contributed by atoms with Crippen molar-refractivity contribution in [1.82, 2.24) is 0 Å². The second kappa shape index (κ2) is 3.03. The lowest BCUT2D eigenvalue weighted by molar-refractivity contribution is 0.412. The Morgan fingerprint density at radius 3 is 2.80 bits per heavy atom. The van der Waals surface area contributed by atoms with Crippen molar-refractivity contribution in [2.45, 2.75) is 13.5 Å². The molecule has 0 aliphatic heterocycles. The summed E-state index contributed by atoms with van der Waals surface area (Å²) in [5.74, 6) is 0.921. The maximum absolute atomic E-state index is 5.47. The Morgan fingerprint density at radius 1 is 1.70 bits per heavy atom. The van der Waals surface area contributed by atoms with Crippen molar-refractivity contribution in [3.05, 3.63) is 15.8 Å². The van der Waals surface area contributed by atoms with Gasteiger partial charge in [0.1, 0.15) is 5.75 Å². The van der Waals surface area contributed by atoms with Crippen molar-refractivity contribution in [1.29, 1.82) is 0 Å². The summed E-state index contributed by atoms with van der Waals surface area (Å²) in [5.41, 5.74) is 5.47. The predicted molar refractivity (Wildman–Crippen MR) is 43.5 cm³/mol. The van der Waals surface area contributed by atoms with Gasteiger partial charge in [-0.2, -0.15) is 0 Å². The van der Waals surface area contributed by atoms with Gasteiger partial charge in [0, 0.05) is 11.4 Å². The SMILES string of the molecule is COc1cc(C)sc1CN. The molecule has 1 rings (SSSR count). The van der Waals surface area contributed by atoms with Crippen LogP contribution in [0.1, 0.15) is 9.75 Å². The minimum atomic E-state index is 0.571. The van der Waals surface area contributed by atoms with Crippen molar-refractivity contribution in [3.63, 3.8) is 0 Å². The molecule has 56 valence electrons. The summed E-state index contributed by atoms with van der Waals surface area (Å²) >= 11 is 1.69. The second-order valence-electron chi connectivity index (χ2n) is 2.05. The molecular formula is C7H11NOS. The monoisotopic (exact) mass is 157 g/mol. The van der Waals surface area contributed by atoms with Crippen molar-refractivity contribution in [2.24, 2.45) is 5.73 Å². The molecule has 0 atom stereocenters. The van der Waals surface area contributed by atoms with Gasteiger partial charge in [-0.25, -0.2) is 0 Å². The Labute approximate surface area is 64.6 Å². The fourth-order valence-corrected chi connectivity index (χ4v) is 1.74. The third-order valence-corrected chi connectivity index (χ3v) is 2.35. The van der Waals surface area contributed by atoms with Gasteiger partial charge in [0.05, 0.1) is 12.0 Å². The van der Waals surface area contributed by atoms with E-state index >= 15 is 0 Å². The van der Waals surface area contributed by atoms with Crippen molar-refractivity contribution >= 4 is 11.3 Å². The van der Waals surface area contributed by atoms with Gasteiger partial charge in [0.2, 0.25) is 0 Å². The molecule has 0 amide bonds. The summed E-state index contributed by atoms with van der Waals surface area (Å²) in [6.45, 7) is 2.62. The fourth-order valence-electron chi connectivity index (χ4n) is 0.854. The quantitative estimate of drug-likeness (QED) is 0.706. The van der Waals surface area contributed by atoms with Gasteiger partial charge in [0.15, 0.2) is 0 Å². The number of ether oxygens (including phenoxy) is 1. The minimum absolute atomic E-state index is 0.571. The topological polar surface area (TPSA) is 35.2 Å². The van der Waals surface area contributed by atoms with Gasteiger partial charge in [-0.1, -0.05) is 0 Å². The van der Waals surface area contributed by atoms with E-state index in [1.54, 1.807) is 18.4 Å². The molecule has 0 fully saturated rings. The highest BCUT2D eigenvalue weighted by Crippen LogP contribution is 2.27. The molecule has 2 nitrogen and oxygen atoms in total. The lowest BCUT2D eigenvalue weighted by Crippen LogP contribution is -1.94. The van der Waals surface area contributed by atoms with Crippen LogP contribution in [0.5, 0.6) is 5.75 Å². The number of hydrogen-bond donors (Lipinski definition) is 1. The molecule has 0 aromatic carbocycles. The van der Waals surface area contributed by atoms with Crippen LogP contribution in [0.2, 0.25) is 0 Å². The molecule has 0 saturated heterocycles. The Hall–Kier alpha value is -0.540. The summed E-state index contributed by atoms with van der Waals surface area (Å²) < 4.78 is 5.09. The van der Waals surface area contributed by atoms with Crippen LogP contribution in [0.25, 0.3) is 0 Å². The predicted octanol–water partition coefficient (Wildman–Crippen LogP) is 1.52. The molecule has 1 heterocycles. The molecule has 0 aliphatic carbocycles. The van der Waals surface area contributed by atoms with E-state index in [4.69, 9.17) is 10.5 Å². The molecule has 3 heteroatoms. The summed E-state index contributed by atoms with van der Waals surface area (Å²) in [4.78, 5) is 2.37. The van der Waals surface area contributed by atoms with Gasteiger partial charge in [-0.3, -0.25) is 0 Å². The Kier molecular flexibility index (Phi) is 2.29. The second-order valence-corrected chi connectivity index (χ2v) is 3.39. The van der Waals surface area contributed by atoms with Crippen LogP contribution in [-0.4, -0.2) is 7.11 Å². The van der Waals surface area contributed by atoms with Crippen molar-refractivity contribution < 1.29 is 4.74 Å². The Balaban J connectivity index is 2.96. The normalized spacial score (nSPS) is 9.90. The van der Waals surface area contributed by atoms with E-state index in [9.17, 15) is 0 Å². The highest BCUT2D eigenvalue weighted by atomic mass is 32.1. The van der Waals surface area contributed by atoms with E-state index < -0.39 is 0 Å². The number of nitrogens with two attached hydrogens (primary N) is 1. The molecule has 0 bridgehead atoms. The van der Waals surface area contributed by atoms with E-state index in [1.807, 2.05) is 13.0 Å². The highest BCUT2D eigenvalue weighted by Gasteiger charge is 2.03. The number of aryl methyl sites for hydroxylation is 1.